The van der Waals surface area contributed by atoms with Crippen LogP contribution in [0.2, 0.25) is 0 Å². The topological polar surface area (TPSA) is 40.7 Å². The molecule has 2 N–H and O–H groups in total. The van der Waals surface area contributed by atoms with Gasteiger partial charge in [0.1, 0.15) is 0 Å². The highest BCUT2D eigenvalue weighted by atomic mass is 16.5. The van der Waals surface area contributed by atoms with E-state index in [-0.39, 0.29) is 11.6 Å². The first-order valence-corrected chi connectivity index (χ1v) is 4.59. The summed E-state index contributed by atoms with van der Waals surface area (Å²) in [4.78, 5) is 0. The molecule has 0 aliphatic heterocycles. The molecule has 0 radical (unpaired) electrons. The van der Waals surface area contributed by atoms with Crippen LogP contribution in [0.15, 0.2) is 12.7 Å². The van der Waals surface area contributed by atoms with Crippen LogP contribution in [0.5, 0.6) is 0 Å². The highest BCUT2D eigenvalue weighted by Gasteiger charge is 2.00. The van der Waals surface area contributed by atoms with Gasteiger partial charge in [0.2, 0.25) is 0 Å². The molecule has 0 aromatic rings. The predicted molar refractivity (Wildman–Crippen MR) is 53.4 cm³/mol. The third-order valence-electron chi connectivity index (χ3n) is 1.67. The van der Waals surface area contributed by atoms with E-state index in [2.05, 4.69) is 20.4 Å². The van der Waals surface area contributed by atoms with E-state index in [1.807, 2.05) is 6.08 Å². The van der Waals surface area contributed by atoms with Crippen molar-refractivity contribution in [1.29, 1.82) is 0 Å². The van der Waals surface area contributed by atoms with Gasteiger partial charge in [-0.3, -0.25) is 0 Å². The van der Waals surface area contributed by atoms with Gasteiger partial charge in [-0.1, -0.05) is 32.8 Å². The Morgan fingerprint density at radius 1 is 1.33 bits per heavy atom. The maximum absolute atomic E-state index is 5.55. The number of ether oxygens (including phenoxy) is 1. The molecule has 0 aliphatic carbocycles. The number of unbranched alkanes of at least 4 members (excludes halogenated alkanes) is 1. The molecule has 1 unspecified atom stereocenters. The van der Waals surface area contributed by atoms with Gasteiger partial charge in [0.05, 0.1) is 6.10 Å². The third-order valence-corrected chi connectivity index (χ3v) is 1.67. The standard InChI is InChI=1S/C10H20O.H2O/c1-4-7-9-11-10(6-3)8-5-2;/h6,10H,3-5,7-9H2,1-2H3;1H2. The Kier molecular flexibility index (Phi) is 12.6. The lowest BCUT2D eigenvalue weighted by molar-refractivity contribution is 0.0770. The molecule has 0 aromatic carbocycles. The van der Waals surface area contributed by atoms with Crippen LogP contribution in [0.1, 0.15) is 39.5 Å². The first-order valence-electron chi connectivity index (χ1n) is 4.59. The molecule has 12 heavy (non-hydrogen) atoms. The predicted octanol–water partition coefficient (Wildman–Crippen LogP) is 2.33. The zero-order valence-electron chi connectivity index (χ0n) is 8.31. The second-order valence-electron chi connectivity index (χ2n) is 2.79. The SMILES string of the molecule is C=CC(CCC)OCCCC.O. The van der Waals surface area contributed by atoms with Crippen LogP contribution in [0.4, 0.5) is 0 Å². The monoisotopic (exact) mass is 174 g/mol. The number of hydrogen-bond acceptors (Lipinski definition) is 1. The van der Waals surface area contributed by atoms with Crippen molar-refractivity contribution in [2.75, 3.05) is 6.61 Å². The van der Waals surface area contributed by atoms with E-state index >= 15 is 0 Å². The molecular formula is C10H22O2. The summed E-state index contributed by atoms with van der Waals surface area (Å²) in [5.41, 5.74) is 0. The van der Waals surface area contributed by atoms with E-state index in [1.54, 1.807) is 0 Å². The van der Waals surface area contributed by atoms with Crippen LogP contribution in [0.25, 0.3) is 0 Å². The summed E-state index contributed by atoms with van der Waals surface area (Å²) in [6, 6.07) is 0. The van der Waals surface area contributed by atoms with Crippen molar-refractivity contribution in [2.24, 2.45) is 0 Å². The zero-order chi connectivity index (χ0) is 8.53. The largest absolute Gasteiger partial charge is 0.412 e. The van der Waals surface area contributed by atoms with E-state index in [0.717, 1.165) is 19.4 Å². The lowest BCUT2D eigenvalue weighted by atomic mass is 10.2. The van der Waals surface area contributed by atoms with Gasteiger partial charge in [0.15, 0.2) is 0 Å². The summed E-state index contributed by atoms with van der Waals surface area (Å²) < 4.78 is 5.55. The highest BCUT2D eigenvalue weighted by Crippen LogP contribution is 2.03. The van der Waals surface area contributed by atoms with E-state index < -0.39 is 0 Å². The molecule has 0 spiro atoms. The lowest BCUT2D eigenvalue weighted by Crippen LogP contribution is -2.09. The van der Waals surface area contributed by atoms with E-state index in [9.17, 15) is 0 Å². The Morgan fingerprint density at radius 2 is 2.00 bits per heavy atom. The molecular weight excluding hydrogens is 152 g/mol. The normalized spacial score (nSPS) is 11.8. The smallest absolute Gasteiger partial charge is 0.0753 e. The Balaban J connectivity index is 0. The summed E-state index contributed by atoms with van der Waals surface area (Å²) in [5.74, 6) is 0. The molecule has 0 bridgehead atoms. The Hall–Kier alpha value is -0.340. The average molecular weight is 174 g/mol. The minimum absolute atomic E-state index is 0. The second kappa shape index (κ2) is 10.7. The summed E-state index contributed by atoms with van der Waals surface area (Å²) in [5, 5.41) is 0. The van der Waals surface area contributed by atoms with Gasteiger partial charge < -0.3 is 10.2 Å². The minimum Gasteiger partial charge on any atom is -0.412 e. The first-order chi connectivity index (χ1) is 5.35. The molecule has 0 saturated carbocycles. The van der Waals surface area contributed by atoms with Crippen LogP contribution < -0.4 is 0 Å². The Bertz CT molecular complexity index is 91.8. The molecule has 0 fully saturated rings. The van der Waals surface area contributed by atoms with Crippen LogP contribution in [-0.2, 0) is 4.74 Å². The van der Waals surface area contributed by atoms with Gasteiger partial charge in [-0.25, -0.2) is 0 Å². The van der Waals surface area contributed by atoms with Crippen molar-refractivity contribution in [2.45, 2.75) is 45.6 Å². The van der Waals surface area contributed by atoms with Gasteiger partial charge in [0, 0.05) is 6.61 Å². The summed E-state index contributed by atoms with van der Waals surface area (Å²) in [6.45, 7) is 8.95. The molecule has 1 atom stereocenters. The van der Waals surface area contributed by atoms with Crippen LogP contribution in [0, 0.1) is 0 Å². The molecule has 0 aromatic heterocycles. The van der Waals surface area contributed by atoms with Gasteiger partial charge >= 0.3 is 0 Å². The van der Waals surface area contributed by atoms with Crippen molar-refractivity contribution in [3.8, 4) is 0 Å². The van der Waals surface area contributed by atoms with Crippen molar-refractivity contribution in [3.63, 3.8) is 0 Å². The van der Waals surface area contributed by atoms with Crippen LogP contribution >= 0.6 is 0 Å². The third kappa shape index (κ3) is 7.76. The summed E-state index contributed by atoms with van der Waals surface area (Å²) >= 11 is 0. The van der Waals surface area contributed by atoms with Crippen molar-refractivity contribution in [1.82, 2.24) is 0 Å². The highest BCUT2D eigenvalue weighted by molar-refractivity contribution is 4.79. The molecule has 0 aliphatic rings. The van der Waals surface area contributed by atoms with E-state index in [0.29, 0.717) is 0 Å². The lowest BCUT2D eigenvalue weighted by Gasteiger charge is -2.11. The molecule has 2 nitrogen and oxygen atoms in total. The molecule has 0 rings (SSSR count). The van der Waals surface area contributed by atoms with Gasteiger partial charge in [-0.2, -0.15) is 0 Å². The average Bonchev–Trinajstić information content (AvgIpc) is 2.03. The quantitative estimate of drug-likeness (QED) is 0.431. The van der Waals surface area contributed by atoms with Gasteiger partial charge in [-0.05, 0) is 12.8 Å². The number of rotatable bonds is 7. The van der Waals surface area contributed by atoms with Gasteiger partial charge in [-0.15, -0.1) is 6.58 Å². The second-order valence-corrected chi connectivity index (χ2v) is 2.79. The van der Waals surface area contributed by atoms with Crippen molar-refractivity contribution in [3.05, 3.63) is 12.7 Å². The molecule has 0 heterocycles. The summed E-state index contributed by atoms with van der Waals surface area (Å²) in [7, 11) is 0. The molecule has 74 valence electrons. The summed E-state index contributed by atoms with van der Waals surface area (Å²) in [6.07, 6.45) is 6.82. The van der Waals surface area contributed by atoms with Crippen molar-refractivity contribution >= 4 is 0 Å². The molecule has 2 heteroatoms. The fourth-order valence-electron chi connectivity index (χ4n) is 0.933. The Labute approximate surface area is 75.9 Å². The van der Waals surface area contributed by atoms with Crippen molar-refractivity contribution < 1.29 is 10.2 Å². The maximum Gasteiger partial charge on any atom is 0.0753 e. The molecule has 0 saturated heterocycles. The molecule has 0 amide bonds. The fraction of sp³-hybridized carbons (Fsp3) is 0.800. The Morgan fingerprint density at radius 3 is 2.42 bits per heavy atom. The van der Waals surface area contributed by atoms with Gasteiger partial charge in [0.25, 0.3) is 0 Å². The number of hydrogen-bond donors (Lipinski definition) is 0. The maximum atomic E-state index is 5.55. The van der Waals surface area contributed by atoms with E-state index in [1.165, 1.54) is 12.8 Å². The zero-order valence-corrected chi connectivity index (χ0v) is 8.31. The first kappa shape index (κ1) is 14.2. The van der Waals surface area contributed by atoms with E-state index in [4.69, 9.17) is 4.74 Å². The minimum atomic E-state index is 0. The fourth-order valence-corrected chi connectivity index (χ4v) is 0.933. The van der Waals surface area contributed by atoms with Crippen LogP contribution in [-0.4, -0.2) is 18.2 Å². The van der Waals surface area contributed by atoms with Crippen LogP contribution in [0.3, 0.4) is 0 Å².